The SMILES string of the molecule is C=CC1C(O[Si](c2ccccc2)(c2ccccc2)C(C)(C)C)CC2OC(=O)CC21. The number of fused-ring (bicyclic) bond motifs is 1. The maximum atomic E-state index is 11.8. The molecular formula is C25H30O3Si. The standard InChI is InChI=1S/C25H30O3Si/c1-5-20-21-16-24(26)27-22(21)17-23(20)28-29(25(2,3)4,18-12-8-6-9-13-18)19-14-10-7-11-15-19/h5-15,20-23H,1,16-17H2,2-4H3. The van der Waals surface area contributed by atoms with Crippen LogP contribution in [0.4, 0.5) is 0 Å². The highest BCUT2D eigenvalue weighted by Gasteiger charge is 2.56. The zero-order valence-electron chi connectivity index (χ0n) is 17.5. The average Bonchev–Trinajstić information content (AvgIpc) is 3.21. The summed E-state index contributed by atoms with van der Waals surface area (Å²) in [6.07, 6.45) is 3.16. The molecule has 4 rings (SSSR count). The van der Waals surface area contributed by atoms with Gasteiger partial charge in [0.25, 0.3) is 8.32 Å². The van der Waals surface area contributed by atoms with Crippen molar-refractivity contribution < 1.29 is 14.0 Å². The monoisotopic (exact) mass is 406 g/mol. The Labute approximate surface area is 174 Å². The van der Waals surface area contributed by atoms with Crippen molar-refractivity contribution in [3.8, 4) is 0 Å². The predicted molar refractivity (Wildman–Crippen MR) is 119 cm³/mol. The molecule has 2 aliphatic rings. The fourth-order valence-electron chi connectivity index (χ4n) is 5.27. The number of carbonyl (C=O) groups is 1. The van der Waals surface area contributed by atoms with Crippen LogP contribution in [0.25, 0.3) is 0 Å². The Morgan fingerprint density at radius 1 is 1.03 bits per heavy atom. The van der Waals surface area contributed by atoms with E-state index >= 15 is 0 Å². The van der Waals surface area contributed by atoms with Crippen molar-refractivity contribution >= 4 is 24.7 Å². The van der Waals surface area contributed by atoms with Crippen LogP contribution in [0.3, 0.4) is 0 Å². The van der Waals surface area contributed by atoms with Crippen LogP contribution in [0.2, 0.25) is 5.04 Å². The van der Waals surface area contributed by atoms with Crippen molar-refractivity contribution in [2.45, 2.75) is 50.9 Å². The number of hydrogen-bond acceptors (Lipinski definition) is 3. The summed E-state index contributed by atoms with van der Waals surface area (Å²) >= 11 is 0. The van der Waals surface area contributed by atoms with Gasteiger partial charge >= 0.3 is 5.97 Å². The molecule has 1 saturated heterocycles. The Kier molecular flexibility index (Phi) is 5.26. The lowest BCUT2D eigenvalue weighted by atomic mass is 9.92. The molecule has 4 atom stereocenters. The normalized spacial score (nSPS) is 26.8. The van der Waals surface area contributed by atoms with Crippen LogP contribution in [0, 0.1) is 11.8 Å². The molecule has 0 aromatic heterocycles. The zero-order chi connectivity index (χ0) is 20.6. The molecule has 0 bridgehead atoms. The summed E-state index contributed by atoms with van der Waals surface area (Å²) in [4.78, 5) is 11.8. The number of carbonyl (C=O) groups excluding carboxylic acids is 1. The third-order valence-electron chi connectivity index (χ3n) is 6.57. The summed E-state index contributed by atoms with van der Waals surface area (Å²) in [5.41, 5.74) is 0. The highest BCUT2D eigenvalue weighted by Crippen LogP contribution is 2.46. The molecule has 1 aliphatic carbocycles. The second-order valence-corrected chi connectivity index (χ2v) is 13.5. The van der Waals surface area contributed by atoms with E-state index in [4.69, 9.17) is 9.16 Å². The molecule has 2 fully saturated rings. The van der Waals surface area contributed by atoms with Crippen LogP contribution in [-0.2, 0) is 14.0 Å². The molecule has 0 spiro atoms. The number of benzene rings is 2. The molecule has 4 unspecified atom stereocenters. The molecule has 29 heavy (non-hydrogen) atoms. The van der Waals surface area contributed by atoms with Crippen molar-refractivity contribution in [2.75, 3.05) is 0 Å². The van der Waals surface area contributed by atoms with E-state index in [0.717, 1.165) is 6.42 Å². The minimum Gasteiger partial charge on any atom is -0.462 e. The summed E-state index contributed by atoms with van der Waals surface area (Å²) in [7, 11) is -2.63. The lowest BCUT2D eigenvalue weighted by molar-refractivity contribution is -0.141. The van der Waals surface area contributed by atoms with Crippen LogP contribution in [-0.4, -0.2) is 26.5 Å². The van der Waals surface area contributed by atoms with Crippen molar-refractivity contribution in [3.05, 3.63) is 73.3 Å². The largest absolute Gasteiger partial charge is 0.462 e. The Hall–Kier alpha value is -2.17. The Bertz CT molecular complexity index is 832. The first-order valence-corrected chi connectivity index (χ1v) is 12.4. The van der Waals surface area contributed by atoms with Crippen LogP contribution in [0.5, 0.6) is 0 Å². The first-order valence-electron chi connectivity index (χ1n) is 10.5. The van der Waals surface area contributed by atoms with E-state index < -0.39 is 8.32 Å². The van der Waals surface area contributed by atoms with Crippen molar-refractivity contribution in [3.63, 3.8) is 0 Å². The molecule has 1 saturated carbocycles. The molecule has 2 aromatic carbocycles. The van der Waals surface area contributed by atoms with Gasteiger partial charge < -0.3 is 9.16 Å². The zero-order valence-corrected chi connectivity index (χ0v) is 18.5. The van der Waals surface area contributed by atoms with Gasteiger partial charge in [-0.3, -0.25) is 4.79 Å². The second kappa shape index (κ2) is 7.58. The minimum absolute atomic E-state index is 0.00176. The van der Waals surface area contributed by atoms with E-state index in [1.165, 1.54) is 10.4 Å². The Morgan fingerprint density at radius 2 is 1.59 bits per heavy atom. The summed E-state index contributed by atoms with van der Waals surface area (Å²) in [5, 5.41) is 2.47. The van der Waals surface area contributed by atoms with Crippen LogP contribution in [0.15, 0.2) is 73.3 Å². The molecule has 0 amide bonds. The molecular weight excluding hydrogens is 376 g/mol. The van der Waals surface area contributed by atoms with E-state index in [2.05, 4.69) is 88.0 Å². The smallest absolute Gasteiger partial charge is 0.306 e. The van der Waals surface area contributed by atoms with E-state index in [1.807, 2.05) is 6.08 Å². The van der Waals surface area contributed by atoms with Gasteiger partial charge in [-0.2, -0.15) is 0 Å². The predicted octanol–water partition coefficient (Wildman–Crippen LogP) is 4.07. The van der Waals surface area contributed by atoms with E-state index in [0.29, 0.717) is 6.42 Å². The Morgan fingerprint density at radius 3 is 2.07 bits per heavy atom. The van der Waals surface area contributed by atoms with Crippen molar-refractivity contribution in [1.82, 2.24) is 0 Å². The average molecular weight is 407 g/mol. The van der Waals surface area contributed by atoms with Crippen LogP contribution in [0.1, 0.15) is 33.6 Å². The lowest BCUT2D eigenvalue weighted by Crippen LogP contribution is -2.68. The van der Waals surface area contributed by atoms with E-state index in [-0.39, 0.29) is 35.1 Å². The number of esters is 1. The third kappa shape index (κ3) is 3.38. The molecule has 152 valence electrons. The molecule has 1 heterocycles. The lowest BCUT2D eigenvalue weighted by Gasteiger charge is -2.45. The van der Waals surface area contributed by atoms with Crippen molar-refractivity contribution in [2.24, 2.45) is 11.8 Å². The first-order chi connectivity index (χ1) is 13.9. The molecule has 2 aromatic rings. The summed E-state index contributed by atoms with van der Waals surface area (Å²) in [6.45, 7) is 11.0. The summed E-state index contributed by atoms with van der Waals surface area (Å²) < 4.78 is 12.9. The molecule has 4 heteroatoms. The van der Waals surface area contributed by atoms with E-state index in [9.17, 15) is 4.79 Å². The molecule has 1 aliphatic heterocycles. The molecule has 3 nitrogen and oxygen atoms in total. The Balaban J connectivity index is 1.81. The van der Waals surface area contributed by atoms with Gasteiger partial charge in [-0.15, -0.1) is 6.58 Å². The van der Waals surface area contributed by atoms with Gasteiger partial charge in [-0.25, -0.2) is 0 Å². The molecule has 0 radical (unpaired) electrons. The van der Waals surface area contributed by atoms with Gasteiger partial charge in [0, 0.05) is 18.3 Å². The fraction of sp³-hybridized carbons (Fsp3) is 0.400. The van der Waals surface area contributed by atoms with Gasteiger partial charge in [0.05, 0.1) is 12.5 Å². The van der Waals surface area contributed by atoms with Gasteiger partial charge in [-0.1, -0.05) is 87.5 Å². The van der Waals surface area contributed by atoms with E-state index in [1.54, 1.807) is 0 Å². The van der Waals surface area contributed by atoms with Gasteiger partial charge in [0.2, 0.25) is 0 Å². The maximum Gasteiger partial charge on any atom is 0.306 e. The number of hydrogen-bond donors (Lipinski definition) is 0. The molecule has 0 N–H and O–H groups in total. The minimum atomic E-state index is -2.63. The third-order valence-corrected chi connectivity index (χ3v) is 11.6. The first kappa shape index (κ1) is 20.1. The summed E-state index contributed by atoms with van der Waals surface area (Å²) in [6, 6.07) is 21.4. The van der Waals surface area contributed by atoms with Crippen LogP contribution < -0.4 is 10.4 Å². The van der Waals surface area contributed by atoms with Gasteiger partial charge in [0.15, 0.2) is 0 Å². The fourth-order valence-corrected chi connectivity index (χ4v) is 9.99. The maximum absolute atomic E-state index is 11.8. The number of rotatable bonds is 5. The highest BCUT2D eigenvalue weighted by atomic mass is 28.4. The number of ether oxygens (including phenoxy) is 1. The summed E-state index contributed by atoms with van der Waals surface area (Å²) in [5.74, 6) is 0.229. The topological polar surface area (TPSA) is 35.5 Å². The highest BCUT2D eigenvalue weighted by molar-refractivity contribution is 6.99. The van der Waals surface area contributed by atoms with Gasteiger partial charge in [0.1, 0.15) is 6.10 Å². The van der Waals surface area contributed by atoms with Crippen molar-refractivity contribution in [1.29, 1.82) is 0 Å². The second-order valence-electron chi connectivity index (χ2n) is 9.26. The van der Waals surface area contributed by atoms with Crippen LogP contribution >= 0.6 is 0 Å². The quantitative estimate of drug-likeness (QED) is 0.427. The van der Waals surface area contributed by atoms with Gasteiger partial charge in [-0.05, 0) is 15.4 Å².